The third-order valence-corrected chi connectivity index (χ3v) is 4.11. The highest BCUT2D eigenvalue weighted by molar-refractivity contribution is 5.69. The maximum atomic E-state index is 10.9. The SMILES string of the molecule is Cn1c(Cn2ccnc2)nnc1[C@H]1CCCN(CC(=O)O)C1. The lowest BCUT2D eigenvalue weighted by atomic mass is 9.97. The van der Waals surface area contributed by atoms with Crippen molar-refractivity contribution in [3.05, 3.63) is 30.4 Å². The molecule has 1 aliphatic heterocycles. The van der Waals surface area contributed by atoms with E-state index in [2.05, 4.69) is 15.2 Å². The number of piperidine rings is 1. The lowest BCUT2D eigenvalue weighted by Gasteiger charge is -2.30. The van der Waals surface area contributed by atoms with Crippen molar-refractivity contribution >= 4 is 5.97 Å². The van der Waals surface area contributed by atoms with Crippen molar-refractivity contribution in [2.24, 2.45) is 7.05 Å². The Balaban J connectivity index is 1.71. The second kappa shape index (κ2) is 6.27. The Morgan fingerprint density at radius 1 is 1.45 bits per heavy atom. The van der Waals surface area contributed by atoms with Crippen LogP contribution in [-0.2, 0) is 18.4 Å². The first kappa shape index (κ1) is 14.7. The fourth-order valence-corrected chi connectivity index (χ4v) is 3.01. The van der Waals surface area contributed by atoms with Crippen molar-refractivity contribution in [3.63, 3.8) is 0 Å². The molecule has 0 bridgehead atoms. The van der Waals surface area contributed by atoms with Crippen LogP contribution in [0.5, 0.6) is 0 Å². The summed E-state index contributed by atoms with van der Waals surface area (Å²) in [7, 11) is 1.97. The van der Waals surface area contributed by atoms with Gasteiger partial charge < -0.3 is 14.2 Å². The van der Waals surface area contributed by atoms with Gasteiger partial charge in [0, 0.05) is 31.9 Å². The fourth-order valence-electron chi connectivity index (χ4n) is 3.01. The third kappa shape index (κ3) is 3.16. The van der Waals surface area contributed by atoms with Gasteiger partial charge in [0.25, 0.3) is 0 Å². The first-order valence-corrected chi connectivity index (χ1v) is 7.41. The number of aromatic nitrogens is 5. The molecule has 0 aliphatic carbocycles. The molecule has 1 saturated heterocycles. The van der Waals surface area contributed by atoms with Gasteiger partial charge in [0.2, 0.25) is 0 Å². The molecule has 2 aromatic rings. The maximum absolute atomic E-state index is 10.9. The Bertz CT molecular complexity index is 636. The summed E-state index contributed by atoms with van der Waals surface area (Å²) in [4.78, 5) is 16.9. The van der Waals surface area contributed by atoms with Crippen LogP contribution in [0.15, 0.2) is 18.7 Å². The summed E-state index contributed by atoms with van der Waals surface area (Å²) in [5.74, 6) is 1.27. The summed E-state index contributed by atoms with van der Waals surface area (Å²) in [5, 5.41) is 17.6. The molecular weight excluding hydrogens is 284 g/mol. The second-order valence-corrected chi connectivity index (χ2v) is 5.74. The van der Waals surface area contributed by atoms with Crippen LogP contribution >= 0.6 is 0 Å². The van der Waals surface area contributed by atoms with Crippen LogP contribution in [-0.4, -0.2) is 59.9 Å². The monoisotopic (exact) mass is 304 g/mol. The molecule has 0 unspecified atom stereocenters. The van der Waals surface area contributed by atoms with Gasteiger partial charge in [0.05, 0.1) is 19.4 Å². The number of likely N-dealkylation sites (tertiary alicyclic amines) is 1. The van der Waals surface area contributed by atoms with E-state index in [4.69, 9.17) is 5.11 Å². The van der Waals surface area contributed by atoms with Gasteiger partial charge in [0.15, 0.2) is 5.82 Å². The standard InChI is InChI=1S/C14H20N6O2/c1-18-12(8-20-6-4-15-10-20)16-17-14(18)11-3-2-5-19(7-11)9-13(21)22/h4,6,10-11H,2-3,5,7-9H2,1H3,(H,21,22)/t11-/m0/s1. The van der Waals surface area contributed by atoms with Crippen LogP contribution in [0.25, 0.3) is 0 Å². The molecule has 1 atom stereocenters. The highest BCUT2D eigenvalue weighted by atomic mass is 16.4. The number of hydrogen-bond donors (Lipinski definition) is 1. The molecule has 3 rings (SSSR count). The van der Waals surface area contributed by atoms with E-state index in [0.717, 1.165) is 37.6 Å². The molecule has 1 aliphatic rings. The number of rotatable bonds is 5. The Kier molecular flexibility index (Phi) is 4.19. The number of carboxylic acids is 1. The van der Waals surface area contributed by atoms with Crippen LogP contribution in [0.3, 0.4) is 0 Å². The van der Waals surface area contributed by atoms with E-state index < -0.39 is 5.97 Å². The predicted octanol–water partition coefficient (Wildman–Crippen LogP) is 0.324. The minimum absolute atomic E-state index is 0.0935. The van der Waals surface area contributed by atoms with Gasteiger partial charge >= 0.3 is 5.97 Å². The Morgan fingerprint density at radius 2 is 2.32 bits per heavy atom. The lowest BCUT2D eigenvalue weighted by molar-refractivity contribution is -0.138. The van der Waals surface area contributed by atoms with Crippen LogP contribution in [0, 0.1) is 0 Å². The van der Waals surface area contributed by atoms with E-state index in [0.29, 0.717) is 6.54 Å². The number of hydrogen-bond acceptors (Lipinski definition) is 5. The van der Waals surface area contributed by atoms with E-state index in [-0.39, 0.29) is 12.5 Å². The molecule has 3 heterocycles. The molecule has 1 N–H and O–H groups in total. The van der Waals surface area contributed by atoms with Crippen LogP contribution in [0.1, 0.15) is 30.4 Å². The number of carbonyl (C=O) groups is 1. The molecule has 0 amide bonds. The normalized spacial score (nSPS) is 19.4. The third-order valence-electron chi connectivity index (χ3n) is 4.11. The molecule has 8 nitrogen and oxygen atoms in total. The van der Waals surface area contributed by atoms with E-state index in [1.54, 1.807) is 12.5 Å². The Hall–Kier alpha value is -2.22. The Morgan fingerprint density at radius 3 is 3.05 bits per heavy atom. The van der Waals surface area contributed by atoms with Gasteiger partial charge in [-0.1, -0.05) is 0 Å². The lowest BCUT2D eigenvalue weighted by Crippen LogP contribution is -2.38. The van der Waals surface area contributed by atoms with E-state index in [9.17, 15) is 4.79 Å². The second-order valence-electron chi connectivity index (χ2n) is 5.74. The van der Waals surface area contributed by atoms with Crippen LogP contribution in [0.4, 0.5) is 0 Å². The zero-order valence-corrected chi connectivity index (χ0v) is 12.6. The number of nitrogens with zero attached hydrogens (tertiary/aromatic N) is 6. The first-order chi connectivity index (χ1) is 10.6. The molecule has 8 heteroatoms. The van der Waals surface area contributed by atoms with Gasteiger partial charge in [-0.15, -0.1) is 10.2 Å². The van der Waals surface area contributed by atoms with Crippen LogP contribution < -0.4 is 0 Å². The zero-order valence-electron chi connectivity index (χ0n) is 12.6. The predicted molar refractivity (Wildman–Crippen MR) is 78.4 cm³/mol. The zero-order chi connectivity index (χ0) is 15.5. The topological polar surface area (TPSA) is 89.1 Å². The van der Waals surface area contributed by atoms with Crippen molar-refractivity contribution < 1.29 is 9.90 Å². The van der Waals surface area contributed by atoms with Gasteiger partial charge in [-0.05, 0) is 19.4 Å². The van der Waals surface area contributed by atoms with Crippen molar-refractivity contribution in [1.29, 1.82) is 0 Å². The van der Waals surface area contributed by atoms with Crippen molar-refractivity contribution in [3.8, 4) is 0 Å². The van der Waals surface area contributed by atoms with Gasteiger partial charge in [-0.2, -0.15) is 0 Å². The summed E-state index contributed by atoms with van der Waals surface area (Å²) in [6.45, 7) is 2.29. The Labute approximate surface area is 128 Å². The molecule has 22 heavy (non-hydrogen) atoms. The van der Waals surface area contributed by atoms with Crippen molar-refractivity contribution in [2.75, 3.05) is 19.6 Å². The van der Waals surface area contributed by atoms with E-state index in [1.807, 2.05) is 27.3 Å². The fraction of sp³-hybridized carbons (Fsp3) is 0.571. The highest BCUT2D eigenvalue weighted by Crippen LogP contribution is 2.25. The average molecular weight is 304 g/mol. The van der Waals surface area contributed by atoms with Gasteiger partial charge in [-0.3, -0.25) is 9.69 Å². The molecular formula is C14H20N6O2. The molecule has 118 valence electrons. The van der Waals surface area contributed by atoms with E-state index in [1.165, 1.54) is 0 Å². The van der Waals surface area contributed by atoms with Gasteiger partial charge in [0.1, 0.15) is 5.82 Å². The number of imidazole rings is 1. The van der Waals surface area contributed by atoms with Crippen molar-refractivity contribution in [1.82, 2.24) is 29.2 Å². The molecule has 0 saturated carbocycles. The average Bonchev–Trinajstić information content (AvgIpc) is 3.10. The summed E-state index contributed by atoms with van der Waals surface area (Å²) < 4.78 is 3.97. The van der Waals surface area contributed by atoms with E-state index >= 15 is 0 Å². The molecule has 1 fully saturated rings. The molecule has 0 radical (unpaired) electrons. The van der Waals surface area contributed by atoms with Crippen molar-refractivity contribution in [2.45, 2.75) is 25.3 Å². The maximum Gasteiger partial charge on any atom is 0.317 e. The largest absolute Gasteiger partial charge is 0.480 e. The van der Waals surface area contributed by atoms with Crippen LogP contribution in [0.2, 0.25) is 0 Å². The quantitative estimate of drug-likeness (QED) is 0.856. The summed E-state index contributed by atoms with van der Waals surface area (Å²) in [6.07, 6.45) is 7.39. The minimum atomic E-state index is -0.778. The minimum Gasteiger partial charge on any atom is -0.480 e. The molecule has 2 aromatic heterocycles. The van der Waals surface area contributed by atoms with Gasteiger partial charge in [-0.25, -0.2) is 4.98 Å². The smallest absolute Gasteiger partial charge is 0.317 e. The number of carboxylic acid groups (broad SMARTS) is 1. The summed E-state index contributed by atoms with van der Waals surface area (Å²) in [6, 6.07) is 0. The first-order valence-electron chi connectivity index (χ1n) is 7.41. The molecule has 0 aromatic carbocycles. The highest BCUT2D eigenvalue weighted by Gasteiger charge is 2.26. The summed E-state index contributed by atoms with van der Waals surface area (Å²) >= 11 is 0. The number of aliphatic carboxylic acids is 1. The molecule has 0 spiro atoms. The summed E-state index contributed by atoms with van der Waals surface area (Å²) in [5.41, 5.74) is 0.